The van der Waals surface area contributed by atoms with Crippen molar-refractivity contribution in [2.75, 3.05) is 21.0 Å². The zero-order chi connectivity index (χ0) is 21.2. The minimum atomic E-state index is -0.950. The summed E-state index contributed by atoms with van der Waals surface area (Å²) in [6, 6.07) is 9.68. The summed E-state index contributed by atoms with van der Waals surface area (Å²) in [6.07, 6.45) is 4.34. The average molecular weight is 402 g/mol. The molecule has 7 heteroatoms. The lowest BCUT2D eigenvalue weighted by molar-refractivity contribution is 0.0508. The van der Waals surface area contributed by atoms with E-state index in [2.05, 4.69) is 0 Å². The molecule has 0 spiro atoms. The highest BCUT2D eigenvalue weighted by molar-refractivity contribution is 5.64. The smallest absolute Gasteiger partial charge is 0.188 e. The van der Waals surface area contributed by atoms with Gasteiger partial charge in [-0.2, -0.15) is 0 Å². The quantitative estimate of drug-likeness (QED) is 0.453. The Hall–Kier alpha value is -3.00. The van der Waals surface area contributed by atoms with Gasteiger partial charge in [0.2, 0.25) is 0 Å². The van der Waals surface area contributed by atoms with Crippen molar-refractivity contribution in [2.24, 2.45) is 0 Å². The Labute approximate surface area is 169 Å². The molecule has 2 aromatic carbocycles. The van der Waals surface area contributed by atoms with Gasteiger partial charge in [-0.3, -0.25) is 0 Å². The van der Waals surface area contributed by atoms with Gasteiger partial charge in [0.15, 0.2) is 18.3 Å². The van der Waals surface area contributed by atoms with Crippen LogP contribution in [0.3, 0.4) is 0 Å². The lowest BCUT2D eigenvalue weighted by Gasteiger charge is -2.11. The van der Waals surface area contributed by atoms with E-state index in [1.165, 1.54) is 44.6 Å². The predicted molar refractivity (Wildman–Crippen MR) is 110 cm³/mol. The summed E-state index contributed by atoms with van der Waals surface area (Å²) in [6.45, 7) is 0.0251. The largest absolute Gasteiger partial charge is 0.507 e. The molecule has 0 saturated heterocycles. The van der Waals surface area contributed by atoms with Crippen molar-refractivity contribution in [3.8, 4) is 23.0 Å². The van der Waals surface area contributed by atoms with Gasteiger partial charge < -0.3 is 34.6 Å². The van der Waals surface area contributed by atoms with Gasteiger partial charge in [0.25, 0.3) is 0 Å². The van der Waals surface area contributed by atoms with Crippen molar-refractivity contribution in [3.63, 3.8) is 0 Å². The first-order chi connectivity index (χ1) is 13.9. The maximum Gasteiger partial charge on any atom is 0.188 e. The molecule has 0 saturated carbocycles. The lowest BCUT2D eigenvalue weighted by atomic mass is 10.1. The Morgan fingerprint density at radius 1 is 0.897 bits per heavy atom. The molecule has 0 heterocycles. The second-order valence-electron chi connectivity index (χ2n) is 6.26. The zero-order valence-corrected chi connectivity index (χ0v) is 16.4. The fourth-order valence-electron chi connectivity index (χ4n) is 2.59. The van der Waals surface area contributed by atoms with Crippen LogP contribution in [0.5, 0.6) is 23.0 Å². The van der Waals surface area contributed by atoms with Gasteiger partial charge in [0.1, 0.15) is 11.5 Å². The van der Waals surface area contributed by atoms with Crippen LogP contribution in [0.4, 0.5) is 0 Å². The number of rotatable bonds is 10. The Bertz CT molecular complexity index is 845. The molecule has 0 amide bonds. The number of hydrogen-bond donors (Lipinski definition) is 4. The highest BCUT2D eigenvalue weighted by atomic mass is 16.7. The molecule has 2 rings (SSSR count). The van der Waals surface area contributed by atoms with Gasteiger partial charge in [-0.05, 0) is 35.9 Å². The van der Waals surface area contributed by atoms with Crippen LogP contribution in [0.15, 0.2) is 48.6 Å². The van der Waals surface area contributed by atoms with Crippen LogP contribution >= 0.6 is 0 Å². The number of aromatic hydroxyl groups is 2. The number of aliphatic hydroxyl groups excluding tert-OH is 2. The number of phenols is 2. The van der Waals surface area contributed by atoms with Crippen molar-refractivity contribution in [3.05, 3.63) is 59.7 Å². The van der Waals surface area contributed by atoms with Gasteiger partial charge in [-0.1, -0.05) is 30.4 Å². The number of methoxy groups -OCH3 is 2. The van der Waals surface area contributed by atoms with E-state index in [1.807, 2.05) is 0 Å². The summed E-state index contributed by atoms with van der Waals surface area (Å²) in [5, 5.41) is 40.1. The van der Waals surface area contributed by atoms with E-state index < -0.39 is 12.2 Å². The molecule has 7 nitrogen and oxygen atoms in total. The first-order valence-electron chi connectivity index (χ1n) is 8.97. The van der Waals surface area contributed by atoms with Crippen molar-refractivity contribution in [2.45, 2.75) is 18.6 Å². The number of hydrogen-bond acceptors (Lipinski definition) is 7. The van der Waals surface area contributed by atoms with Crippen LogP contribution < -0.4 is 9.47 Å². The molecule has 0 aromatic heterocycles. The summed E-state index contributed by atoms with van der Waals surface area (Å²) < 4.78 is 15.2. The topological polar surface area (TPSA) is 109 Å². The van der Waals surface area contributed by atoms with E-state index in [1.54, 1.807) is 30.3 Å². The minimum Gasteiger partial charge on any atom is -0.507 e. The molecular weight excluding hydrogens is 376 g/mol. The molecular formula is C22H26O7. The highest BCUT2D eigenvalue weighted by Gasteiger charge is 2.10. The van der Waals surface area contributed by atoms with Crippen molar-refractivity contribution in [1.82, 2.24) is 0 Å². The first kappa shape index (κ1) is 22.3. The van der Waals surface area contributed by atoms with Gasteiger partial charge >= 0.3 is 0 Å². The SMILES string of the molecule is COCOc1cccc(O)c1C=CC(O)CC(O)C=Cc1ccc(OC)c(O)c1. The number of phenolic OH excluding ortho intramolecular Hbond substituents is 2. The molecule has 0 fully saturated rings. The third-order valence-corrected chi connectivity index (χ3v) is 4.06. The third kappa shape index (κ3) is 6.83. The third-order valence-electron chi connectivity index (χ3n) is 4.06. The van der Waals surface area contributed by atoms with Gasteiger partial charge in [-0.25, -0.2) is 0 Å². The molecule has 2 atom stereocenters. The van der Waals surface area contributed by atoms with Crippen LogP contribution in [0.25, 0.3) is 12.2 Å². The molecule has 156 valence electrons. The van der Waals surface area contributed by atoms with Crippen LogP contribution in [0.2, 0.25) is 0 Å². The molecule has 2 aromatic rings. The molecule has 0 aliphatic heterocycles. The van der Waals surface area contributed by atoms with Gasteiger partial charge in [0, 0.05) is 13.5 Å². The highest BCUT2D eigenvalue weighted by Crippen LogP contribution is 2.29. The Morgan fingerprint density at radius 2 is 1.62 bits per heavy atom. The standard InChI is InChI=1S/C22H26O7/c1-27-14-29-21-5-3-4-19(25)18(21)10-9-17(24)13-16(23)8-6-15-7-11-22(28-2)20(26)12-15/h3-12,16-17,23-26H,13-14H2,1-2H3. The van der Waals surface area contributed by atoms with Crippen molar-refractivity contribution >= 4 is 12.2 Å². The Morgan fingerprint density at radius 3 is 2.28 bits per heavy atom. The lowest BCUT2D eigenvalue weighted by Crippen LogP contribution is -2.13. The van der Waals surface area contributed by atoms with E-state index in [4.69, 9.17) is 14.2 Å². The molecule has 0 radical (unpaired) electrons. The maximum atomic E-state index is 10.2. The normalized spacial score (nSPS) is 13.7. The molecule has 0 aliphatic rings. The molecule has 0 bridgehead atoms. The van der Waals surface area contributed by atoms with Gasteiger partial charge in [-0.15, -0.1) is 0 Å². The zero-order valence-electron chi connectivity index (χ0n) is 16.4. The molecule has 4 N–H and O–H groups in total. The van der Waals surface area contributed by atoms with E-state index in [0.717, 1.165) is 0 Å². The molecule has 29 heavy (non-hydrogen) atoms. The second-order valence-corrected chi connectivity index (χ2v) is 6.26. The first-order valence-corrected chi connectivity index (χ1v) is 8.97. The van der Waals surface area contributed by atoms with Crippen molar-refractivity contribution in [1.29, 1.82) is 0 Å². The average Bonchev–Trinajstić information content (AvgIpc) is 2.70. The fraction of sp³-hybridized carbons (Fsp3) is 0.273. The van der Waals surface area contributed by atoms with Crippen LogP contribution in [0, 0.1) is 0 Å². The number of ether oxygens (including phenoxy) is 3. The number of benzene rings is 2. The molecule has 2 unspecified atom stereocenters. The van der Waals surface area contributed by atoms with Gasteiger partial charge in [0.05, 0.1) is 24.9 Å². The van der Waals surface area contributed by atoms with E-state index in [0.29, 0.717) is 22.6 Å². The van der Waals surface area contributed by atoms with Crippen LogP contribution in [0.1, 0.15) is 17.5 Å². The van der Waals surface area contributed by atoms with E-state index in [9.17, 15) is 20.4 Å². The summed E-state index contributed by atoms with van der Waals surface area (Å²) in [5.41, 5.74) is 1.09. The Kier molecular flexibility index (Phi) is 8.54. The predicted octanol–water partition coefficient (Wildman–Crippen LogP) is 2.93. The maximum absolute atomic E-state index is 10.2. The van der Waals surface area contributed by atoms with Crippen LogP contribution in [-0.4, -0.2) is 53.6 Å². The Balaban J connectivity index is 1.98. The number of aliphatic hydroxyl groups is 2. The summed E-state index contributed by atoms with van der Waals surface area (Å²) in [5.74, 6) is 0.777. The monoisotopic (exact) mass is 402 g/mol. The second kappa shape index (κ2) is 11.1. The van der Waals surface area contributed by atoms with Crippen molar-refractivity contribution < 1.29 is 34.6 Å². The summed E-state index contributed by atoms with van der Waals surface area (Å²) in [4.78, 5) is 0. The summed E-state index contributed by atoms with van der Waals surface area (Å²) in [7, 11) is 2.95. The van der Waals surface area contributed by atoms with E-state index >= 15 is 0 Å². The minimum absolute atomic E-state index is 0.00118. The fourth-order valence-corrected chi connectivity index (χ4v) is 2.59. The molecule has 0 aliphatic carbocycles. The van der Waals surface area contributed by atoms with Crippen LogP contribution in [-0.2, 0) is 4.74 Å². The van der Waals surface area contributed by atoms with E-state index in [-0.39, 0.29) is 24.7 Å². The summed E-state index contributed by atoms with van der Waals surface area (Å²) >= 11 is 0.